The normalized spacial score (nSPS) is 12.1. The van der Waals surface area contributed by atoms with Crippen LogP contribution in [0, 0.1) is 0 Å². The molecule has 236 valence electrons. The number of hydrogen-bond acceptors (Lipinski definition) is 1. The van der Waals surface area contributed by atoms with E-state index in [4.69, 9.17) is 4.74 Å². The van der Waals surface area contributed by atoms with Crippen LogP contribution in [0.2, 0.25) is 0 Å². The van der Waals surface area contributed by atoms with E-state index in [1.165, 1.54) is 87.2 Å². The van der Waals surface area contributed by atoms with Crippen molar-refractivity contribution < 1.29 is 4.74 Å². The van der Waals surface area contributed by atoms with Crippen LogP contribution in [0.5, 0.6) is 11.5 Å². The first-order chi connectivity index (χ1) is 25.3. The number of hydrogen-bond donors (Lipinski definition) is 0. The lowest BCUT2D eigenvalue weighted by Gasteiger charge is -2.22. The van der Waals surface area contributed by atoms with Crippen LogP contribution in [-0.2, 0) is 0 Å². The van der Waals surface area contributed by atoms with Gasteiger partial charge in [-0.05, 0) is 130 Å². The minimum Gasteiger partial charge on any atom is -0.456 e. The highest BCUT2D eigenvalue weighted by atomic mass is 16.5. The van der Waals surface area contributed by atoms with Gasteiger partial charge in [0.05, 0.1) is 0 Å². The Kier molecular flexibility index (Phi) is 6.02. The second kappa shape index (κ2) is 10.9. The summed E-state index contributed by atoms with van der Waals surface area (Å²) >= 11 is 0. The second-order valence-electron chi connectivity index (χ2n) is 13.6. The highest BCUT2D eigenvalue weighted by Crippen LogP contribution is 2.49. The Bertz CT molecular complexity index is 3040. The van der Waals surface area contributed by atoms with Crippen LogP contribution >= 0.6 is 0 Å². The van der Waals surface area contributed by atoms with Crippen LogP contribution < -0.4 is 4.74 Å². The number of fused-ring (bicyclic) bond motifs is 9. The van der Waals surface area contributed by atoms with E-state index in [0.29, 0.717) is 0 Å². The maximum Gasteiger partial charge on any atom is 0.135 e. The van der Waals surface area contributed by atoms with Crippen molar-refractivity contribution in [3.63, 3.8) is 0 Å². The highest BCUT2D eigenvalue weighted by molar-refractivity contribution is 6.32. The Hall–Kier alpha value is -6.70. The molecule has 0 fully saturated rings. The molecule has 1 heterocycles. The quantitative estimate of drug-likeness (QED) is 0.137. The van der Waals surface area contributed by atoms with Gasteiger partial charge in [-0.15, -0.1) is 0 Å². The van der Waals surface area contributed by atoms with E-state index >= 15 is 0 Å². The van der Waals surface area contributed by atoms with E-state index in [1.807, 2.05) is 0 Å². The predicted octanol–water partition coefficient (Wildman–Crippen LogP) is 14.2. The van der Waals surface area contributed by atoms with Crippen molar-refractivity contribution in [1.29, 1.82) is 0 Å². The van der Waals surface area contributed by atoms with Gasteiger partial charge in [-0.3, -0.25) is 0 Å². The molecule has 1 nitrogen and oxygen atoms in total. The van der Waals surface area contributed by atoms with Gasteiger partial charge in [-0.2, -0.15) is 0 Å². The first kappa shape index (κ1) is 28.2. The molecule has 0 spiro atoms. The summed E-state index contributed by atoms with van der Waals surface area (Å²) in [5.74, 6) is 1.81. The summed E-state index contributed by atoms with van der Waals surface area (Å²) in [6, 6.07) is 66.5. The number of ether oxygens (including phenoxy) is 1. The number of benzene rings is 10. The van der Waals surface area contributed by atoms with E-state index in [0.717, 1.165) is 22.6 Å². The molecular weight excluding hydrogens is 617 g/mol. The molecule has 0 atom stereocenters. The highest BCUT2D eigenvalue weighted by Gasteiger charge is 2.22. The molecule has 0 saturated carbocycles. The van der Waals surface area contributed by atoms with Crippen molar-refractivity contribution in [3.05, 3.63) is 182 Å². The summed E-state index contributed by atoms with van der Waals surface area (Å²) in [5, 5.41) is 12.5. The van der Waals surface area contributed by atoms with Crippen molar-refractivity contribution in [2.45, 2.75) is 0 Å². The van der Waals surface area contributed by atoms with Gasteiger partial charge in [0.25, 0.3) is 0 Å². The van der Waals surface area contributed by atoms with Gasteiger partial charge in [0.2, 0.25) is 0 Å². The molecule has 10 aromatic carbocycles. The van der Waals surface area contributed by atoms with Crippen LogP contribution in [-0.4, -0.2) is 0 Å². The molecule has 1 aliphatic heterocycles. The zero-order valence-electron chi connectivity index (χ0n) is 27.7. The van der Waals surface area contributed by atoms with Crippen LogP contribution in [0.4, 0.5) is 0 Å². The average Bonchev–Trinajstić information content (AvgIpc) is 3.20. The fourth-order valence-corrected chi connectivity index (χ4v) is 8.51. The molecule has 0 bridgehead atoms. The predicted molar refractivity (Wildman–Crippen MR) is 216 cm³/mol. The van der Waals surface area contributed by atoms with Gasteiger partial charge in [0, 0.05) is 10.9 Å². The topological polar surface area (TPSA) is 9.23 Å². The van der Waals surface area contributed by atoms with Crippen molar-refractivity contribution in [2.75, 3.05) is 0 Å². The SMILES string of the molecule is c1ccc(-c2cc(-c3ccc4c(c3)-c3cccc5cccc(c35)O4)cc(-c3c4ccccc4cc4c5ccccc5c5ccccc5c34)c2)cc1. The van der Waals surface area contributed by atoms with E-state index in [-0.39, 0.29) is 0 Å². The van der Waals surface area contributed by atoms with E-state index in [1.54, 1.807) is 0 Å². The molecule has 51 heavy (non-hydrogen) atoms. The zero-order valence-corrected chi connectivity index (χ0v) is 27.7. The fraction of sp³-hybridized carbons (Fsp3) is 0. The monoisotopic (exact) mass is 646 g/mol. The van der Waals surface area contributed by atoms with Gasteiger partial charge >= 0.3 is 0 Å². The van der Waals surface area contributed by atoms with Crippen LogP contribution in [0.25, 0.3) is 98.4 Å². The largest absolute Gasteiger partial charge is 0.456 e. The lowest BCUT2D eigenvalue weighted by molar-refractivity contribution is 0.487. The summed E-state index contributed by atoms with van der Waals surface area (Å²) in [7, 11) is 0. The third-order valence-corrected chi connectivity index (χ3v) is 10.8. The summed E-state index contributed by atoms with van der Waals surface area (Å²) in [5.41, 5.74) is 9.52. The third kappa shape index (κ3) is 4.28. The molecule has 0 amide bonds. The maximum absolute atomic E-state index is 6.50. The molecule has 0 N–H and O–H groups in total. The third-order valence-electron chi connectivity index (χ3n) is 10.8. The van der Waals surface area contributed by atoms with E-state index in [9.17, 15) is 0 Å². The van der Waals surface area contributed by atoms with Gasteiger partial charge in [0.15, 0.2) is 0 Å². The van der Waals surface area contributed by atoms with E-state index in [2.05, 4.69) is 182 Å². The fourth-order valence-electron chi connectivity index (χ4n) is 8.51. The summed E-state index contributed by atoms with van der Waals surface area (Å²) < 4.78 is 6.50. The molecule has 10 aromatic rings. The van der Waals surface area contributed by atoms with Crippen molar-refractivity contribution in [3.8, 4) is 56.0 Å². The van der Waals surface area contributed by atoms with Gasteiger partial charge in [-0.25, -0.2) is 0 Å². The lowest BCUT2D eigenvalue weighted by atomic mass is 9.84. The number of rotatable bonds is 3. The van der Waals surface area contributed by atoms with Crippen molar-refractivity contribution in [1.82, 2.24) is 0 Å². The van der Waals surface area contributed by atoms with Crippen molar-refractivity contribution >= 4 is 53.9 Å². The Morgan fingerprint density at radius 1 is 0.275 bits per heavy atom. The molecular formula is C50H30O. The summed E-state index contributed by atoms with van der Waals surface area (Å²) in [6.45, 7) is 0. The molecule has 1 aliphatic rings. The van der Waals surface area contributed by atoms with E-state index < -0.39 is 0 Å². The van der Waals surface area contributed by atoms with Gasteiger partial charge < -0.3 is 4.74 Å². The van der Waals surface area contributed by atoms with Crippen molar-refractivity contribution in [2.24, 2.45) is 0 Å². The van der Waals surface area contributed by atoms with Gasteiger partial charge in [-0.1, -0.05) is 140 Å². The Morgan fingerprint density at radius 3 is 1.69 bits per heavy atom. The first-order valence-corrected chi connectivity index (χ1v) is 17.6. The zero-order chi connectivity index (χ0) is 33.5. The molecule has 1 heteroatoms. The maximum atomic E-state index is 6.50. The average molecular weight is 647 g/mol. The Morgan fingerprint density at radius 2 is 0.882 bits per heavy atom. The molecule has 0 aliphatic carbocycles. The van der Waals surface area contributed by atoms with Crippen LogP contribution in [0.3, 0.4) is 0 Å². The van der Waals surface area contributed by atoms with Crippen LogP contribution in [0.1, 0.15) is 0 Å². The molecule has 0 saturated heterocycles. The smallest absolute Gasteiger partial charge is 0.135 e. The minimum atomic E-state index is 0.891. The molecule has 0 aromatic heterocycles. The van der Waals surface area contributed by atoms with Crippen LogP contribution in [0.15, 0.2) is 182 Å². The lowest BCUT2D eigenvalue weighted by Crippen LogP contribution is -1.97. The van der Waals surface area contributed by atoms with Gasteiger partial charge in [0.1, 0.15) is 11.5 Å². The molecule has 11 rings (SSSR count). The Labute approximate surface area is 295 Å². The molecule has 0 radical (unpaired) electrons. The summed E-state index contributed by atoms with van der Waals surface area (Å²) in [6.07, 6.45) is 0. The second-order valence-corrected chi connectivity index (χ2v) is 13.6. The first-order valence-electron chi connectivity index (χ1n) is 17.6. The molecule has 0 unspecified atom stereocenters. The Balaban J connectivity index is 1.24. The summed E-state index contributed by atoms with van der Waals surface area (Å²) in [4.78, 5) is 0. The minimum absolute atomic E-state index is 0.891. The standard InChI is InChI=1S/C50H30O/c1-2-12-31(13-3-1)35-26-36(33-24-25-46-44(29-33)43-22-10-15-32-16-11-23-47(51-46)48(32)43)28-37(27-35)49-38-17-5-4-14-34(38)30-45-41-20-7-6-18-39(41)40-19-8-9-21-42(40)50(45)49/h1-30H.